The molecular weight excluding hydrogens is 299 g/mol. The van der Waals surface area contributed by atoms with Crippen LogP contribution in [0, 0.1) is 12.7 Å². The molecule has 122 valence electrons. The second-order valence-corrected chi connectivity index (χ2v) is 5.61. The molecule has 2 aromatic heterocycles. The summed E-state index contributed by atoms with van der Waals surface area (Å²) in [6.07, 6.45) is 6.33. The number of aromatic nitrogens is 3. The number of nitrogens with zero attached hydrogens (tertiary/aromatic N) is 4. The summed E-state index contributed by atoms with van der Waals surface area (Å²) in [4.78, 5) is 22.2. The number of hydrogen-bond acceptors (Lipinski definition) is 4. The quantitative estimate of drug-likeness (QED) is 0.862. The van der Waals surface area contributed by atoms with E-state index in [1.54, 1.807) is 17.3 Å². The Balaban J connectivity index is 1.61. The van der Waals surface area contributed by atoms with Crippen LogP contribution in [-0.4, -0.2) is 44.5 Å². The molecule has 1 amide bonds. The Bertz CT molecular complexity index is 688. The Morgan fingerprint density at radius 3 is 3.04 bits per heavy atom. The van der Waals surface area contributed by atoms with Gasteiger partial charge in [0.25, 0.3) is 5.88 Å². The van der Waals surface area contributed by atoms with Gasteiger partial charge in [0.05, 0.1) is 6.54 Å². The Morgan fingerprint density at radius 2 is 2.30 bits per heavy atom. The highest BCUT2D eigenvalue weighted by molar-refractivity contribution is 5.76. The van der Waals surface area contributed by atoms with Crippen LogP contribution in [-0.2, 0) is 11.3 Å². The molecule has 0 bridgehead atoms. The lowest BCUT2D eigenvalue weighted by Gasteiger charge is -2.32. The van der Waals surface area contributed by atoms with Crippen LogP contribution in [0.5, 0.6) is 5.88 Å². The van der Waals surface area contributed by atoms with Crippen molar-refractivity contribution in [2.24, 2.45) is 0 Å². The van der Waals surface area contributed by atoms with Gasteiger partial charge in [0, 0.05) is 25.1 Å². The summed E-state index contributed by atoms with van der Waals surface area (Å²) < 4.78 is 21.1. The van der Waals surface area contributed by atoms with E-state index in [9.17, 15) is 9.18 Å². The minimum atomic E-state index is -0.481. The lowest BCUT2D eigenvalue weighted by Crippen LogP contribution is -2.45. The molecule has 2 aromatic rings. The van der Waals surface area contributed by atoms with Crippen LogP contribution in [0.1, 0.15) is 18.7 Å². The van der Waals surface area contributed by atoms with Crippen molar-refractivity contribution < 1.29 is 13.9 Å². The van der Waals surface area contributed by atoms with Crippen LogP contribution in [0.3, 0.4) is 0 Å². The fourth-order valence-corrected chi connectivity index (χ4v) is 2.69. The van der Waals surface area contributed by atoms with Crippen LogP contribution in [0.15, 0.2) is 30.7 Å². The first-order valence-corrected chi connectivity index (χ1v) is 7.66. The number of imidazole rings is 1. The summed E-state index contributed by atoms with van der Waals surface area (Å²) >= 11 is 0. The number of halogens is 1. The molecule has 7 heteroatoms. The van der Waals surface area contributed by atoms with Crippen molar-refractivity contribution in [3.8, 4) is 5.88 Å². The van der Waals surface area contributed by atoms with Crippen molar-refractivity contribution in [3.63, 3.8) is 0 Å². The van der Waals surface area contributed by atoms with E-state index >= 15 is 0 Å². The van der Waals surface area contributed by atoms with E-state index < -0.39 is 5.82 Å². The highest BCUT2D eigenvalue weighted by Crippen LogP contribution is 2.19. The largest absolute Gasteiger partial charge is 0.470 e. The molecule has 23 heavy (non-hydrogen) atoms. The molecule has 6 nitrogen and oxygen atoms in total. The third-order valence-electron chi connectivity index (χ3n) is 3.96. The zero-order chi connectivity index (χ0) is 16.2. The number of amides is 1. The smallest absolute Gasteiger partial charge is 0.250 e. The minimum Gasteiger partial charge on any atom is -0.470 e. The van der Waals surface area contributed by atoms with E-state index in [2.05, 4.69) is 9.97 Å². The SMILES string of the molecule is Cc1nccn1CC(=O)N1CCCC(Oc2ncccc2F)C1. The van der Waals surface area contributed by atoms with E-state index in [4.69, 9.17) is 4.74 Å². The average Bonchev–Trinajstić information content (AvgIpc) is 2.95. The van der Waals surface area contributed by atoms with Crippen LogP contribution in [0.2, 0.25) is 0 Å². The van der Waals surface area contributed by atoms with Gasteiger partial charge in [-0.1, -0.05) is 0 Å². The Hall–Kier alpha value is -2.44. The van der Waals surface area contributed by atoms with Crippen molar-refractivity contribution in [1.82, 2.24) is 19.4 Å². The normalized spacial score (nSPS) is 18.0. The molecule has 1 aliphatic heterocycles. The number of pyridine rings is 1. The third-order valence-corrected chi connectivity index (χ3v) is 3.96. The van der Waals surface area contributed by atoms with Gasteiger partial charge in [-0.25, -0.2) is 14.4 Å². The first-order chi connectivity index (χ1) is 11.1. The third kappa shape index (κ3) is 3.67. The number of piperidine rings is 1. The fourth-order valence-electron chi connectivity index (χ4n) is 2.69. The van der Waals surface area contributed by atoms with Gasteiger partial charge in [-0.05, 0) is 31.9 Å². The maximum absolute atomic E-state index is 13.6. The van der Waals surface area contributed by atoms with Crippen LogP contribution >= 0.6 is 0 Å². The van der Waals surface area contributed by atoms with E-state index in [1.807, 2.05) is 11.5 Å². The maximum Gasteiger partial charge on any atom is 0.250 e. The highest BCUT2D eigenvalue weighted by Gasteiger charge is 2.26. The Labute approximate surface area is 133 Å². The highest BCUT2D eigenvalue weighted by atomic mass is 19.1. The molecular formula is C16H19FN4O2. The minimum absolute atomic E-state index is 0.00254. The molecule has 0 spiro atoms. The van der Waals surface area contributed by atoms with Gasteiger partial charge in [0.2, 0.25) is 5.91 Å². The first kappa shape index (κ1) is 15.5. The number of ether oxygens (including phenoxy) is 1. The van der Waals surface area contributed by atoms with Gasteiger partial charge < -0.3 is 14.2 Å². The van der Waals surface area contributed by atoms with E-state index in [-0.39, 0.29) is 24.4 Å². The number of carbonyl (C=O) groups excluding carboxylic acids is 1. The number of aryl methyl sites for hydroxylation is 1. The predicted octanol–water partition coefficient (Wildman–Crippen LogP) is 1.80. The number of hydrogen-bond donors (Lipinski definition) is 0. The van der Waals surface area contributed by atoms with Gasteiger partial charge in [-0.15, -0.1) is 0 Å². The van der Waals surface area contributed by atoms with Crippen molar-refractivity contribution in [2.75, 3.05) is 13.1 Å². The van der Waals surface area contributed by atoms with Crippen molar-refractivity contribution in [1.29, 1.82) is 0 Å². The van der Waals surface area contributed by atoms with E-state index in [1.165, 1.54) is 18.3 Å². The molecule has 1 saturated heterocycles. The molecule has 3 heterocycles. The number of rotatable bonds is 4. The molecule has 1 unspecified atom stereocenters. The Morgan fingerprint density at radius 1 is 1.43 bits per heavy atom. The molecule has 1 fully saturated rings. The zero-order valence-electron chi connectivity index (χ0n) is 13.0. The van der Waals surface area contributed by atoms with Gasteiger partial charge in [-0.2, -0.15) is 0 Å². The fraction of sp³-hybridized carbons (Fsp3) is 0.438. The number of carbonyl (C=O) groups is 1. The molecule has 0 aliphatic carbocycles. The molecule has 0 N–H and O–H groups in total. The van der Waals surface area contributed by atoms with Gasteiger partial charge in [0.1, 0.15) is 18.5 Å². The predicted molar refractivity (Wildman–Crippen MR) is 81.4 cm³/mol. The summed E-state index contributed by atoms with van der Waals surface area (Å²) in [5.74, 6) is 0.335. The first-order valence-electron chi connectivity index (χ1n) is 7.66. The molecule has 1 atom stereocenters. The lowest BCUT2D eigenvalue weighted by molar-refractivity contribution is -0.134. The van der Waals surface area contributed by atoms with Crippen molar-refractivity contribution >= 4 is 5.91 Å². The lowest BCUT2D eigenvalue weighted by atomic mass is 10.1. The van der Waals surface area contributed by atoms with Crippen molar-refractivity contribution in [2.45, 2.75) is 32.4 Å². The standard InChI is InChI=1S/C16H19FN4O2/c1-12-18-7-9-20(12)11-15(22)21-8-3-4-13(10-21)23-16-14(17)5-2-6-19-16/h2,5-7,9,13H,3-4,8,10-11H2,1H3. The maximum atomic E-state index is 13.6. The van der Waals surface area contributed by atoms with Gasteiger partial charge in [-0.3, -0.25) is 4.79 Å². The summed E-state index contributed by atoms with van der Waals surface area (Å²) in [7, 11) is 0. The molecule has 0 saturated carbocycles. The van der Waals surface area contributed by atoms with E-state index in [0.29, 0.717) is 13.1 Å². The summed E-state index contributed by atoms with van der Waals surface area (Å²) in [5, 5.41) is 0. The van der Waals surface area contributed by atoms with Crippen LogP contribution in [0.4, 0.5) is 4.39 Å². The second kappa shape index (κ2) is 6.76. The molecule has 0 radical (unpaired) electrons. The van der Waals surface area contributed by atoms with Crippen LogP contribution < -0.4 is 4.74 Å². The average molecular weight is 318 g/mol. The van der Waals surface area contributed by atoms with Gasteiger partial charge in [0.15, 0.2) is 5.82 Å². The summed E-state index contributed by atoms with van der Waals surface area (Å²) in [6, 6.07) is 2.84. The topological polar surface area (TPSA) is 60.2 Å². The zero-order valence-corrected chi connectivity index (χ0v) is 13.0. The Kier molecular flexibility index (Phi) is 4.55. The van der Waals surface area contributed by atoms with E-state index in [0.717, 1.165) is 18.7 Å². The molecule has 0 aromatic carbocycles. The number of likely N-dealkylation sites (tertiary alicyclic amines) is 1. The van der Waals surface area contributed by atoms with Crippen LogP contribution in [0.25, 0.3) is 0 Å². The summed E-state index contributed by atoms with van der Waals surface area (Å²) in [5.41, 5.74) is 0. The van der Waals surface area contributed by atoms with Gasteiger partial charge >= 0.3 is 0 Å². The molecule has 3 rings (SSSR count). The second-order valence-electron chi connectivity index (χ2n) is 5.61. The monoisotopic (exact) mass is 318 g/mol. The van der Waals surface area contributed by atoms with Crippen molar-refractivity contribution in [3.05, 3.63) is 42.4 Å². The summed E-state index contributed by atoms with van der Waals surface area (Å²) in [6.45, 7) is 3.26. The molecule has 1 aliphatic rings.